The minimum Gasteiger partial charge on any atom is -0.508 e. The van der Waals surface area contributed by atoms with Gasteiger partial charge in [0, 0.05) is 19.4 Å². The normalized spacial score (nSPS) is 13.7. The largest absolute Gasteiger partial charge is 0.508 e. The molecule has 59 heavy (non-hydrogen) atoms. The van der Waals surface area contributed by atoms with Gasteiger partial charge in [-0.15, -0.1) is 0 Å². The highest BCUT2D eigenvalue weighted by atomic mass is 16.4. The first-order chi connectivity index (χ1) is 27.7. The number of nitrogens with zero attached hydrogens (tertiary/aromatic N) is 1. The molecule has 326 valence electrons. The monoisotopic (exact) mass is 840 g/mol. The van der Waals surface area contributed by atoms with Gasteiger partial charge in [0.25, 0.3) is 0 Å². The summed E-state index contributed by atoms with van der Waals surface area (Å²) in [6.45, 7) is -1.62. The van der Waals surface area contributed by atoms with Crippen molar-refractivity contribution in [1.82, 2.24) is 31.9 Å². The molecular weight excluding hydrogens is 792 g/mol. The van der Waals surface area contributed by atoms with Crippen LogP contribution in [0, 0.1) is 0 Å². The molecule has 0 saturated heterocycles. The van der Waals surface area contributed by atoms with Gasteiger partial charge in [-0.1, -0.05) is 12.1 Å². The summed E-state index contributed by atoms with van der Waals surface area (Å²) in [5.74, 6) is -14.0. The van der Waals surface area contributed by atoms with Crippen LogP contribution in [0.25, 0.3) is 0 Å². The van der Waals surface area contributed by atoms with Gasteiger partial charge in [-0.2, -0.15) is 0 Å². The molecule has 1 aromatic rings. The predicted molar refractivity (Wildman–Crippen MR) is 198 cm³/mol. The van der Waals surface area contributed by atoms with Crippen molar-refractivity contribution in [3.63, 3.8) is 0 Å². The van der Waals surface area contributed by atoms with Gasteiger partial charge in [0.15, 0.2) is 5.96 Å². The third kappa shape index (κ3) is 19.6. The topological polar surface area (TPSA) is 455 Å². The maximum atomic E-state index is 13.8. The second kappa shape index (κ2) is 25.2. The van der Waals surface area contributed by atoms with E-state index in [1.165, 1.54) is 24.3 Å². The highest BCUT2D eigenvalue weighted by molar-refractivity contribution is 5.98. The van der Waals surface area contributed by atoms with Crippen LogP contribution >= 0.6 is 0 Å². The maximum Gasteiger partial charge on any atom is 0.326 e. The molecule has 26 heteroatoms. The Morgan fingerprint density at radius 3 is 1.51 bits per heavy atom. The van der Waals surface area contributed by atoms with E-state index in [4.69, 9.17) is 17.2 Å². The summed E-state index contributed by atoms with van der Waals surface area (Å²) in [7, 11) is 0. The Bertz CT molecular complexity index is 1720. The van der Waals surface area contributed by atoms with Gasteiger partial charge in [0.05, 0.1) is 26.0 Å². The number of aliphatic carboxylic acids is 4. The molecule has 26 nitrogen and oxygen atoms in total. The van der Waals surface area contributed by atoms with E-state index in [1.54, 1.807) is 0 Å². The number of nitrogens with two attached hydrogens (primary N) is 3. The number of carboxylic acid groups (broad SMARTS) is 4. The number of hydrogen-bond donors (Lipinski definition) is 15. The number of benzene rings is 1. The van der Waals surface area contributed by atoms with Crippen LogP contribution in [-0.4, -0.2) is 152 Å². The van der Waals surface area contributed by atoms with E-state index in [0.717, 1.165) is 0 Å². The Labute approximate surface area is 334 Å². The smallest absolute Gasteiger partial charge is 0.326 e. The number of amides is 6. The summed E-state index contributed by atoms with van der Waals surface area (Å²) in [6, 6.07) is -5.81. The van der Waals surface area contributed by atoms with E-state index in [9.17, 15) is 78.6 Å². The minimum absolute atomic E-state index is 0.0235. The zero-order valence-corrected chi connectivity index (χ0v) is 31.3. The lowest BCUT2D eigenvalue weighted by molar-refractivity contribution is -0.144. The number of phenols is 1. The van der Waals surface area contributed by atoms with Crippen molar-refractivity contribution in [2.24, 2.45) is 22.2 Å². The molecule has 0 aliphatic rings. The summed E-state index contributed by atoms with van der Waals surface area (Å²) in [6.07, 6.45) is -4.32. The van der Waals surface area contributed by atoms with Gasteiger partial charge >= 0.3 is 23.9 Å². The number of rotatable bonds is 27. The average Bonchev–Trinajstić information content (AvgIpc) is 3.15. The van der Waals surface area contributed by atoms with Crippen LogP contribution in [0.4, 0.5) is 0 Å². The van der Waals surface area contributed by atoms with Crippen LogP contribution in [0.1, 0.15) is 44.1 Å². The second-order valence-corrected chi connectivity index (χ2v) is 12.6. The van der Waals surface area contributed by atoms with Crippen molar-refractivity contribution in [2.45, 2.75) is 81.2 Å². The van der Waals surface area contributed by atoms with E-state index in [1.807, 2.05) is 5.32 Å². The average molecular weight is 841 g/mol. The number of aromatic hydroxyl groups is 1. The van der Waals surface area contributed by atoms with Crippen molar-refractivity contribution in [1.29, 1.82) is 0 Å². The van der Waals surface area contributed by atoms with Crippen LogP contribution < -0.4 is 49.1 Å². The number of carbonyl (C=O) groups excluding carboxylic acids is 6. The molecule has 0 unspecified atom stereocenters. The zero-order chi connectivity index (χ0) is 44.8. The van der Waals surface area contributed by atoms with Crippen LogP contribution in [-0.2, 0) is 54.4 Å². The lowest BCUT2D eigenvalue weighted by Crippen LogP contribution is -2.60. The lowest BCUT2D eigenvalue weighted by Gasteiger charge is -2.27. The first-order valence-electron chi connectivity index (χ1n) is 17.5. The molecule has 18 N–H and O–H groups in total. The number of nitrogens with one attached hydrogen (secondary N) is 6. The fraction of sp³-hybridized carbons (Fsp3) is 0.485. The molecule has 0 saturated carbocycles. The zero-order valence-electron chi connectivity index (χ0n) is 31.3. The van der Waals surface area contributed by atoms with E-state index in [-0.39, 0.29) is 36.7 Å². The molecule has 0 aromatic heterocycles. The molecule has 6 atom stereocenters. The second-order valence-electron chi connectivity index (χ2n) is 12.6. The number of carbonyl (C=O) groups is 10. The molecule has 0 fully saturated rings. The molecular formula is C33H48N10O16. The molecule has 6 amide bonds. The number of phenolic OH excluding ortho intramolecular Hbond substituents is 1. The van der Waals surface area contributed by atoms with E-state index >= 15 is 0 Å². The minimum atomic E-state index is -1.98. The highest BCUT2D eigenvalue weighted by Gasteiger charge is 2.35. The number of aliphatic hydroxyl groups excluding tert-OH is 1. The van der Waals surface area contributed by atoms with Gasteiger partial charge in [-0.05, 0) is 37.0 Å². The first kappa shape index (κ1) is 49.9. The van der Waals surface area contributed by atoms with Crippen molar-refractivity contribution < 1.29 is 78.6 Å². The fourth-order valence-electron chi connectivity index (χ4n) is 4.95. The van der Waals surface area contributed by atoms with Crippen molar-refractivity contribution >= 4 is 65.3 Å². The van der Waals surface area contributed by atoms with E-state index in [2.05, 4.69) is 31.6 Å². The van der Waals surface area contributed by atoms with Crippen LogP contribution in [0.15, 0.2) is 29.3 Å². The summed E-state index contributed by atoms with van der Waals surface area (Å²) < 4.78 is 0. The maximum absolute atomic E-state index is 13.8. The van der Waals surface area contributed by atoms with Gasteiger partial charge < -0.3 is 79.7 Å². The molecule has 0 radical (unpaired) electrons. The molecule has 0 spiro atoms. The number of carboxylic acids is 4. The summed E-state index contributed by atoms with van der Waals surface area (Å²) in [5.41, 5.74) is 15.9. The fourth-order valence-corrected chi connectivity index (χ4v) is 4.95. The molecule has 0 aliphatic heterocycles. The van der Waals surface area contributed by atoms with E-state index in [0.29, 0.717) is 0 Å². The molecule has 0 heterocycles. The van der Waals surface area contributed by atoms with Crippen LogP contribution in [0.3, 0.4) is 0 Å². The van der Waals surface area contributed by atoms with E-state index < -0.39 is 141 Å². The third-order valence-electron chi connectivity index (χ3n) is 7.89. The van der Waals surface area contributed by atoms with Gasteiger partial charge in [-0.25, -0.2) is 4.79 Å². The quantitative estimate of drug-likeness (QED) is 0.0222. The number of hydrogen-bond acceptors (Lipinski definition) is 14. The Balaban J connectivity index is 3.47. The standard InChI is InChI=1S/C33H48N10O16/c34-13-23(46)38-22(14-44)31(57)43-21(12-26(51)52)30(56)41-19(10-15-3-5-16(45)6-4-15)28(54)39-17(7-8-24(47)48)27(53)42-20(11-25(49)50)29(55)40-18(32(58)59)2-1-9-37-33(35)36/h3-6,17-22,44-45H,1-2,7-14,34H2,(H,38,46)(H,39,54)(H,40,55)(H,41,56)(H,42,53)(H,43,57)(H,47,48)(H,49,50)(H,51,52)(H,58,59)(H4,35,36,37)/t17-,18-,19-,20-,21-,22-/m0/s1. The summed E-state index contributed by atoms with van der Waals surface area (Å²) >= 11 is 0. The van der Waals surface area contributed by atoms with Crippen molar-refractivity contribution in [2.75, 3.05) is 19.7 Å². The van der Waals surface area contributed by atoms with Crippen LogP contribution in [0.2, 0.25) is 0 Å². The van der Waals surface area contributed by atoms with Gasteiger partial charge in [0.1, 0.15) is 42.0 Å². The molecule has 1 rings (SSSR count). The SMILES string of the molecule is NCC(=O)N[C@@H](CO)C(=O)N[C@@H](CC(=O)O)C(=O)N[C@@H](Cc1ccc(O)cc1)C(=O)N[C@@H](CCC(=O)O)C(=O)N[C@@H](CC(=O)O)C(=O)N[C@@H](CCCN=C(N)N)C(=O)O. The Morgan fingerprint density at radius 2 is 1.05 bits per heavy atom. The van der Waals surface area contributed by atoms with Gasteiger partial charge in [0.2, 0.25) is 35.4 Å². The molecule has 0 bridgehead atoms. The number of aliphatic imine (C=N–C) groups is 1. The third-order valence-corrected chi connectivity index (χ3v) is 7.89. The van der Waals surface area contributed by atoms with Crippen molar-refractivity contribution in [3.05, 3.63) is 29.8 Å². The predicted octanol–water partition coefficient (Wildman–Crippen LogP) is -6.25. The lowest BCUT2D eigenvalue weighted by atomic mass is 10.0. The van der Waals surface area contributed by atoms with Gasteiger partial charge in [-0.3, -0.25) is 48.1 Å². The Morgan fingerprint density at radius 1 is 0.593 bits per heavy atom. The first-order valence-corrected chi connectivity index (χ1v) is 17.5. The molecule has 1 aromatic carbocycles. The molecule has 0 aliphatic carbocycles. The highest BCUT2D eigenvalue weighted by Crippen LogP contribution is 2.13. The van der Waals surface area contributed by atoms with Crippen LogP contribution in [0.5, 0.6) is 5.75 Å². The Kier molecular flexibility index (Phi) is 21.3. The summed E-state index contributed by atoms with van der Waals surface area (Å²) in [4.78, 5) is 129. The number of guanidine groups is 1. The number of aliphatic hydroxyl groups is 1. The van der Waals surface area contributed by atoms with Crippen molar-refractivity contribution in [3.8, 4) is 5.75 Å². The summed E-state index contributed by atoms with van der Waals surface area (Å²) in [5, 5.41) is 69.8. The Hall–Kier alpha value is -7.09.